The van der Waals surface area contributed by atoms with Crippen molar-refractivity contribution in [1.29, 1.82) is 0 Å². The molecule has 1 saturated heterocycles. The highest BCUT2D eigenvalue weighted by atomic mass is 16.5. The summed E-state index contributed by atoms with van der Waals surface area (Å²) in [6.45, 7) is 4.66. The SMILES string of the molecule is COc1cccc(-c2ccc(N3CCN(C(=O)CN(C(=O)c4ccc(C)cc4)C4CC4)CC3)nn2)c1. The van der Waals surface area contributed by atoms with Crippen LogP contribution >= 0.6 is 0 Å². The second-order valence-electron chi connectivity index (χ2n) is 9.41. The Morgan fingerprint density at radius 2 is 1.72 bits per heavy atom. The average molecular weight is 486 g/mol. The molecule has 8 nitrogen and oxygen atoms in total. The Morgan fingerprint density at radius 3 is 2.36 bits per heavy atom. The molecule has 0 radical (unpaired) electrons. The Labute approximate surface area is 211 Å². The number of aromatic nitrogens is 2. The fourth-order valence-corrected chi connectivity index (χ4v) is 4.48. The largest absolute Gasteiger partial charge is 0.497 e. The van der Waals surface area contributed by atoms with E-state index in [0.29, 0.717) is 31.7 Å². The summed E-state index contributed by atoms with van der Waals surface area (Å²) in [6, 6.07) is 19.4. The highest BCUT2D eigenvalue weighted by Crippen LogP contribution is 2.29. The summed E-state index contributed by atoms with van der Waals surface area (Å²) in [5, 5.41) is 8.83. The second-order valence-corrected chi connectivity index (χ2v) is 9.41. The van der Waals surface area contributed by atoms with Gasteiger partial charge in [-0.15, -0.1) is 10.2 Å². The molecule has 5 rings (SSSR count). The van der Waals surface area contributed by atoms with Crippen molar-refractivity contribution < 1.29 is 14.3 Å². The first-order valence-corrected chi connectivity index (χ1v) is 12.4. The highest BCUT2D eigenvalue weighted by Gasteiger charge is 2.35. The summed E-state index contributed by atoms with van der Waals surface area (Å²) in [5.74, 6) is 1.51. The van der Waals surface area contributed by atoms with Crippen LogP contribution in [0.4, 0.5) is 5.82 Å². The van der Waals surface area contributed by atoms with Gasteiger partial charge in [-0.25, -0.2) is 0 Å². The third-order valence-corrected chi connectivity index (χ3v) is 6.82. The molecule has 8 heteroatoms. The van der Waals surface area contributed by atoms with Crippen molar-refractivity contribution in [2.45, 2.75) is 25.8 Å². The van der Waals surface area contributed by atoms with Gasteiger partial charge in [0.05, 0.1) is 12.8 Å². The summed E-state index contributed by atoms with van der Waals surface area (Å²) in [4.78, 5) is 31.9. The summed E-state index contributed by atoms with van der Waals surface area (Å²) in [5.41, 5.74) is 3.48. The van der Waals surface area contributed by atoms with Gasteiger partial charge >= 0.3 is 0 Å². The molecule has 186 valence electrons. The quantitative estimate of drug-likeness (QED) is 0.510. The number of methoxy groups -OCH3 is 1. The third-order valence-electron chi connectivity index (χ3n) is 6.82. The Morgan fingerprint density at radius 1 is 0.972 bits per heavy atom. The zero-order valence-electron chi connectivity index (χ0n) is 20.8. The fraction of sp³-hybridized carbons (Fsp3) is 0.357. The van der Waals surface area contributed by atoms with Crippen LogP contribution in [-0.4, -0.2) is 77.7 Å². The maximum Gasteiger partial charge on any atom is 0.254 e. The predicted molar refractivity (Wildman–Crippen MR) is 138 cm³/mol. The van der Waals surface area contributed by atoms with Crippen LogP contribution in [0.3, 0.4) is 0 Å². The lowest BCUT2D eigenvalue weighted by molar-refractivity contribution is -0.132. The van der Waals surface area contributed by atoms with Crippen LogP contribution in [0.2, 0.25) is 0 Å². The Bertz CT molecular complexity index is 1220. The van der Waals surface area contributed by atoms with Crippen molar-refractivity contribution in [3.05, 3.63) is 71.8 Å². The van der Waals surface area contributed by atoms with E-state index in [1.54, 1.807) is 12.0 Å². The smallest absolute Gasteiger partial charge is 0.254 e. The molecule has 2 amide bonds. The lowest BCUT2D eigenvalue weighted by atomic mass is 10.1. The molecule has 3 aromatic rings. The van der Waals surface area contributed by atoms with Gasteiger partial charge in [0.25, 0.3) is 5.91 Å². The third kappa shape index (κ3) is 5.32. The number of piperazine rings is 1. The zero-order chi connectivity index (χ0) is 25.1. The van der Waals surface area contributed by atoms with E-state index in [4.69, 9.17) is 4.74 Å². The van der Waals surface area contributed by atoms with Crippen LogP contribution in [0, 0.1) is 6.92 Å². The Hall–Kier alpha value is -3.94. The number of aryl methyl sites for hydroxylation is 1. The fourth-order valence-electron chi connectivity index (χ4n) is 4.48. The number of hydrogen-bond acceptors (Lipinski definition) is 6. The molecule has 2 aromatic carbocycles. The maximum atomic E-state index is 13.1. The zero-order valence-corrected chi connectivity index (χ0v) is 20.8. The molecule has 2 heterocycles. The number of amides is 2. The normalized spacial score (nSPS) is 15.5. The number of carbonyl (C=O) groups excluding carboxylic acids is 2. The maximum absolute atomic E-state index is 13.1. The lowest BCUT2D eigenvalue weighted by Crippen LogP contribution is -2.52. The van der Waals surface area contributed by atoms with E-state index in [1.165, 1.54) is 0 Å². The summed E-state index contributed by atoms with van der Waals surface area (Å²) in [7, 11) is 1.64. The monoisotopic (exact) mass is 485 g/mol. The van der Waals surface area contributed by atoms with Crippen LogP contribution in [0.1, 0.15) is 28.8 Å². The van der Waals surface area contributed by atoms with Gasteiger partial charge in [-0.2, -0.15) is 0 Å². The molecule has 1 aliphatic heterocycles. The molecule has 1 saturated carbocycles. The minimum absolute atomic E-state index is 0.00136. The highest BCUT2D eigenvalue weighted by molar-refractivity contribution is 5.97. The first-order valence-electron chi connectivity index (χ1n) is 12.4. The first-order chi connectivity index (χ1) is 17.5. The number of carbonyl (C=O) groups is 2. The molecular formula is C28H31N5O3. The minimum atomic E-state index is -0.0594. The van der Waals surface area contributed by atoms with Gasteiger partial charge in [0.1, 0.15) is 12.3 Å². The van der Waals surface area contributed by atoms with Gasteiger partial charge in [-0.05, 0) is 56.2 Å². The van der Waals surface area contributed by atoms with Crippen molar-refractivity contribution in [2.24, 2.45) is 0 Å². The molecule has 1 aliphatic carbocycles. The molecule has 0 bridgehead atoms. The van der Waals surface area contributed by atoms with Crippen LogP contribution in [0.5, 0.6) is 5.75 Å². The second kappa shape index (κ2) is 10.4. The van der Waals surface area contributed by atoms with Crippen molar-refractivity contribution in [1.82, 2.24) is 20.0 Å². The molecule has 1 aromatic heterocycles. The van der Waals surface area contributed by atoms with E-state index in [2.05, 4.69) is 15.1 Å². The minimum Gasteiger partial charge on any atom is -0.497 e. The molecule has 36 heavy (non-hydrogen) atoms. The Kier molecular flexibility index (Phi) is 6.84. The predicted octanol–water partition coefficient (Wildman–Crippen LogP) is 3.41. The number of hydrogen-bond donors (Lipinski definition) is 0. The standard InChI is InChI=1S/C28H31N5O3/c1-20-6-8-21(9-7-20)28(35)33(23-10-11-23)19-27(34)32-16-14-31(15-17-32)26-13-12-25(29-30-26)22-4-3-5-24(18-22)36-2/h3-9,12-13,18,23H,10-11,14-17,19H2,1-2H3. The van der Waals surface area contributed by atoms with Crippen LogP contribution in [-0.2, 0) is 4.79 Å². The van der Waals surface area contributed by atoms with Crippen molar-refractivity contribution in [2.75, 3.05) is 44.7 Å². The lowest BCUT2D eigenvalue weighted by Gasteiger charge is -2.36. The van der Waals surface area contributed by atoms with Crippen molar-refractivity contribution in [3.8, 4) is 17.0 Å². The van der Waals surface area contributed by atoms with Crippen LogP contribution < -0.4 is 9.64 Å². The number of rotatable bonds is 7. The number of benzene rings is 2. The molecule has 0 unspecified atom stereocenters. The summed E-state index contributed by atoms with van der Waals surface area (Å²) in [6.07, 6.45) is 1.92. The number of ether oxygens (including phenoxy) is 1. The molecule has 2 fully saturated rings. The van der Waals surface area contributed by atoms with Gasteiger partial charge in [0.2, 0.25) is 5.91 Å². The number of nitrogens with zero attached hydrogens (tertiary/aromatic N) is 5. The van der Waals surface area contributed by atoms with E-state index in [9.17, 15) is 9.59 Å². The van der Waals surface area contributed by atoms with E-state index in [1.807, 2.05) is 72.5 Å². The van der Waals surface area contributed by atoms with Crippen LogP contribution in [0.25, 0.3) is 11.3 Å². The van der Waals surface area contributed by atoms with Crippen molar-refractivity contribution in [3.63, 3.8) is 0 Å². The average Bonchev–Trinajstić information content (AvgIpc) is 3.77. The van der Waals surface area contributed by atoms with Gasteiger partial charge in [-0.1, -0.05) is 29.8 Å². The van der Waals surface area contributed by atoms with Gasteiger partial charge < -0.3 is 19.4 Å². The topological polar surface area (TPSA) is 78.9 Å². The molecule has 2 aliphatic rings. The Balaban J connectivity index is 1.17. The van der Waals surface area contributed by atoms with E-state index >= 15 is 0 Å². The van der Waals surface area contributed by atoms with E-state index in [0.717, 1.165) is 41.2 Å². The van der Waals surface area contributed by atoms with E-state index in [-0.39, 0.29) is 24.4 Å². The summed E-state index contributed by atoms with van der Waals surface area (Å²) < 4.78 is 5.29. The van der Waals surface area contributed by atoms with Crippen LogP contribution in [0.15, 0.2) is 60.7 Å². The van der Waals surface area contributed by atoms with Gasteiger partial charge in [-0.3, -0.25) is 9.59 Å². The molecule has 0 spiro atoms. The van der Waals surface area contributed by atoms with E-state index < -0.39 is 0 Å². The van der Waals surface area contributed by atoms with Gasteiger partial charge in [0.15, 0.2) is 5.82 Å². The number of anilines is 1. The summed E-state index contributed by atoms with van der Waals surface area (Å²) >= 11 is 0. The first kappa shape index (κ1) is 23.8. The van der Waals surface area contributed by atoms with Crippen molar-refractivity contribution >= 4 is 17.6 Å². The molecule has 0 N–H and O–H groups in total. The molecular weight excluding hydrogens is 454 g/mol. The van der Waals surface area contributed by atoms with Gasteiger partial charge in [0, 0.05) is 43.3 Å². The molecule has 0 atom stereocenters.